The van der Waals surface area contributed by atoms with E-state index in [9.17, 15) is 18.3 Å². The van der Waals surface area contributed by atoms with E-state index in [4.69, 9.17) is 4.74 Å². The number of nitrogens with one attached hydrogen (secondary N) is 2. The molecule has 6 nitrogen and oxygen atoms in total. The number of aliphatic imine (C=N–C) groups is 1. The summed E-state index contributed by atoms with van der Waals surface area (Å²) in [5, 5.41) is 16.4. The van der Waals surface area contributed by atoms with E-state index in [1.807, 2.05) is 44.2 Å². The standard InChI is InChI=1S/C20H31F3N4O2/c1-3-24-19(26-17-9-10-27(12-17)14-20(21,22)23)25-11-18(28)13-29-15(2)16-7-5-4-6-8-16/h4-8,15,17-18,28H,3,9-14H2,1-2H3,(H2,24,25,26). The first-order chi connectivity index (χ1) is 13.8. The van der Waals surface area contributed by atoms with Gasteiger partial charge in [-0.1, -0.05) is 30.3 Å². The van der Waals surface area contributed by atoms with Gasteiger partial charge in [0.15, 0.2) is 5.96 Å². The number of aliphatic hydroxyl groups is 1. The molecule has 2 rings (SSSR count). The lowest BCUT2D eigenvalue weighted by atomic mass is 10.1. The molecule has 29 heavy (non-hydrogen) atoms. The van der Waals surface area contributed by atoms with Gasteiger partial charge in [-0.25, -0.2) is 0 Å². The van der Waals surface area contributed by atoms with E-state index in [0.717, 1.165) is 5.56 Å². The van der Waals surface area contributed by atoms with E-state index in [1.165, 1.54) is 4.90 Å². The molecular formula is C20H31F3N4O2. The SMILES string of the molecule is CCNC(=NCC(O)COC(C)c1ccccc1)NC1CCN(CC(F)(F)F)C1. The number of hydrogen-bond donors (Lipinski definition) is 3. The molecule has 1 saturated heterocycles. The number of alkyl halides is 3. The molecule has 3 atom stereocenters. The molecule has 3 unspecified atom stereocenters. The highest BCUT2D eigenvalue weighted by atomic mass is 19.4. The fraction of sp³-hybridized carbons (Fsp3) is 0.650. The van der Waals surface area contributed by atoms with Crippen molar-refractivity contribution in [3.63, 3.8) is 0 Å². The van der Waals surface area contributed by atoms with Crippen molar-refractivity contribution < 1.29 is 23.0 Å². The molecule has 1 heterocycles. The zero-order valence-electron chi connectivity index (χ0n) is 17.0. The lowest BCUT2D eigenvalue weighted by Gasteiger charge is -2.20. The summed E-state index contributed by atoms with van der Waals surface area (Å²) in [6.07, 6.45) is -4.49. The van der Waals surface area contributed by atoms with Crippen LogP contribution < -0.4 is 10.6 Å². The molecule has 0 bridgehead atoms. The van der Waals surface area contributed by atoms with Crippen LogP contribution in [0.15, 0.2) is 35.3 Å². The van der Waals surface area contributed by atoms with Crippen molar-refractivity contribution in [1.29, 1.82) is 0 Å². The molecule has 0 aromatic heterocycles. The Balaban J connectivity index is 1.77. The summed E-state index contributed by atoms with van der Waals surface area (Å²) in [5.74, 6) is 0.488. The number of aliphatic hydroxyl groups excluding tert-OH is 1. The maximum Gasteiger partial charge on any atom is 0.401 e. The molecule has 0 radical (unpaired) electrons. The molecule has 1 fully saturated rings. The van der Waals surface area contributed by atoms with Crippen LogP contribution in [-0.4, -0.2) is 73.6 Å². The first-order valence-corrected chi connectivity index (χ1v) is 9.95. The van der Waals surface area contributed by atoms with Crippen LogP contribution in [0.2, 0.25) is 0 Å². The van der Waals surface area contributed by atoms with Crippen LogP contribution >= 0.6 is 0 Å². The average molecular weight is 416 g/mol. The van der Waals surface area contributed by atoms with Crippen LogP contribution in [0.1, 0.15) is 31.9 Å². The van der Waals surface area contributed by atoms with Crippen molar-refractivity contribution in [2.24, 2.45) is 4.99 Å². The molecule has 3 N–H and O–H groups in total. The molecule has 1 aromatic rings. The van der Waals surface area contributed by atoms with Gasteiger partial charge in [-0.15, -0.1) is 0 Å². The molecule has 1 aromatic carbocycles. The van der Waals surface area contributed by atoms with Crippen LogP contribution in [0.25, 0.3) is 0 Å². The third kappa shape index (κ3) is 9.01. The number of benzene rings is 1. The van der Waals surface area contributed by atoms with Crippen molar-refractivity contribution in [3.05, 3.63) is 35.9 Å². The Bertz CT molecular complexity index is 628. The highest BCUT2D eigenvalue weighted by molar-refractivity contribution is 5.80. The summed E-state index contributed by atoms with van der Waals surface area (Å²) in [5.41, 5.74) is 1.03. The molecule has 1 aliphatic rings. The Hall–Kier alpha value is -1.84. The Kier molecular flexibility index (Phi) is 9.19. The monoisotopic (exact) mass is 416 g/mol. The maximum absolute atomic E-state index is 12.5. The molecule has 0 saturated carbocycles. The number of rotatable bonds is 9. The largest absolute Gasteiger partial charge is 0.401 e. The lowest BCUT2D eigenvalue weighted by molar-refractivity contribution is -0.143. The first kappa shape index (κ1) is 23.4. The summed E-state index contributed by atoms with van der Waals surface area (Å²) < 4.78 is 43.3. The van der Waals surface area contributed by atoms with Gasteiger partial charge in [0.2, 0.25) is 0 Å². The molecule has 1 aliphatic heterocycles. The number of halogens is 3. The van der Waals surface area contributed by atoms with Crippen molar-refractivity contribution >= 4 is 5.96 Å². The minimum absolute atomic E-state index is 0.110. The van der Waals surface area contributed by atoms with E-state index in [0.29, 0.717) is 32.0 Å². The van der Waals surface area contributed by atoms with E-state index in [-0.39, 0.29) is 25.3 Å². The minimum atomic E-state index is -4.19. The summed E-state index contributed by atoms with van der Waals surface area (Å²) >= 11 is 0. The summed E-state index contributed by atoms with van der Waals surface area (Å²) in [7, 11) is 0. The van der Waals surface area contributed by atoms with E-state index >= 15 is 0 Å². The zero-order valence-corrected chi connectivity index (χ0v) is 17.0. The highest BCUT2D eigenvalue weighted by Gasteiger charge is 2.34. The Morgan fingerprint density at radius 3 is 2.72 bits per heavy atom. The average Bonchev–Trinajstić information content (AvgIpc) is 3.10. The zero-order chi connectivity index (χ0) is 21.3. The molecular weight excluding hydrogens is 385 g/mol. The number of likely N-dealkylation sites (tertiary alicyclic amines) is 1. The first-order valence-electron chi connectivity index (χ1n) is 9.95. The molecule has 0 spiro atoms. The van der Waals surface area contributed by atoms with Gasteiger partial charge in [-0.2, -0.15) is 13.2 Å². The second kappa shape index (κ2) is 11.4. The third-order valence-corrected chi connectivity index (χ3v) is 4.63. The summed E-state index contributed by atoms with van der Waals surface area (Å²) in [4.78, 5) is 5.73. The van der Waals surface area contributed by atoms with Gasteiger partial charge in [-0.3, -0.25) is 9.89 Å². The fourth-order valence-electron chi connectivity index (χ4n) is 3.19. The predicted octanol–water partition coefficient (Wildman–Crippen LogP) is 2.32. The van der Waals surface area contributed by atoms with Gasteiger partial charge < -0.3 is 20.5 Å². The van der Waals surface area contributed by atoms with Gasteiger partial charge in [0.1, 0.15) is 0 Å². The second-order valence-corrected chi connectivity index (χ2v) is 7.24. The number of ether oxygens (including phenoxy) is 1. The van der Waals surface area contributed by atoms with Crippen molar-refractivity contribution in [1.82, 2.24) is 15.5 Å². The summed E-state index contributed by atoms with van der Waals surface area (Å²) in [6, 6.07) is 9.62. The Morgan fingerprint density at radius 1 is 1.34 bits per heavy atom. The molecule has 9 heteroatoms. The predicted molar refractivity (Wildman–Crippen MR) is 107 cm³/mol. The number of nitrogens with zero attached hydrogens (tertiary/aromatic N) is 2. The molecule has 0 amide bonds. The van der Waals surface area contributed by atoms with Gasteiger partial charge in [-0.05, 0) is 25.8 Å². The lowest BCUT2D eigenvalue weighted by Crippen LogP contribution is -2.45. The van der Waals surface area contributed by atoms with Crippen LogP contribution in [0.3, 0.4) is 0 Å². The maximum atomic E-state index is 12.5. The van der Waals surface area contributed by atoms with Crippen molar-refractivity contribution in [3.8, 4) is 0 Å². The van der Waals surface area contributed by atoms with Gasteiger partial charge in [0.05, 0.1) is 31.9 Å². The number of hydrogen-bond acceptors (Lipinski definition) is 4. The quantitative estimate of drug-likeness (QED) is 0.426. The van der Waals surface area contributed by atoms with Crippen LogP contribution in [0.4, 0.5) is 13.2 Å². The van der Waals surface area contributed by atoms with Crippen LogP contribution in [-0.2, 0) is 4.74 Å². The second-order valence-electron chi connectivity index (χ2n) is 7.24. The van der Waals surface area contributed by atoms with Gasteiger partial charge in [0, 0.05) is 25.7 Å². The van der Waals surface area contributed by atoms with E-state index in [2.05, 4.69) is 15.6 Å². The minimum Gasteiger partial charge on any atom is -0.389 e. The Morgan fingerprint density at radius 2 is 2.07 bits per heavy atom. The van der Waals surface area contributed by atoms with Crippen LogP contribution in [0, 0.1) is 0 Å². The highest BCUT2D eigenvalue weighted by Crippen LogP contribution is 2.20. The third-order valence-electron chi connectivity index (χ3n) is 4.63. The summed E-state index contributed by atoms with van der Waals surface area (Å²) in [6.45, 7) is 4.52. The number of guanidine groups is 1. The fourth-order valence-corrected chi connectivity index (χ4v) is 3.19. The topological polar surface area (TPSA) is 69.1 Å². The molecule has 0 aliphatic carbocycles. The van der Waals surface area contributed by atoms with Crippen molar-refractivity contribution in [2.45, 2.75) is 44.7 Å². The van der Waals surface area contributed by atoms with Gasteiger partial charge in [0.25, 0.3) is 0 Å². The van der Waals surface area contributed by atoms with Gasteiger partial charge >= 0.3 is 6.18 Å². The normalized spacial score (nSPS) is 20.5. The van der Waals surface area contributed by atoms with Crippen LogP contribution in [0.5, 0.6) is 0 Å². The molecule has 164 valence electrons. The smallest absolute Gasteiger partial charge is 0.389 e. The van der Waals surface area contributed by atoms with Crippen molar-refractivity contribution in [2.75, 3.05) is 39.3 Å². The Labute approximate surface area is 170 Å². The van der Waals surface area contributed by atoms with E-state index in [1.54, 1.807) is 0 Å². The van der Waals surface area contributed by atoms with E-state index < -0.39 is 18.8 Å².